The highest BCUT2D eigenvalue weighted by molar-refractivity contribution is 7.86. The fourth-order valence-corrected chi connectivity index (χ4v) is 1.09. The molecule has 11 heavy (non-hydrogen) atoms. The molecule has 0 unspecified atom stereocenters. The van der Waals surface area contributed by atoms with Crippen molar-refractivity contribution in [3.8, 4) is 0 Å². The second-order valence-corrected chi connectivity index (χ2v) is 4.15. The number of carbonyl (C=O) groups excluding carboxylic acids is 1. The van der Waals surface area contributed by atoms with Gasteiger partial charge < -0.3 is 0 Å². The first-order chi connectivity index (χ1) is 4.89. The summed E-state index contributed by atoms with van der Waals surface area (Å²) < 4.78 is 25.7. The fraction of sp³-hybridized carbons (Fsp3) is 0.800. The van der Waals surface area contributed by atoms with Gasteiger partial charge in [-0.05, 0) is 25.4 Å². The fourth-order valence-electron chi connectivity index (χ4n) is 0.326. The minimum Gasteiger partial charge on any atom is -0.278 e. The van der Waals surface area contributed by atoms with Crippen molar-refractivity contribution >= 4 is 27.0 Å². The standard InChI is InChI=1S/C5H9ClO4S/c1-3-11(8,9)10-4(2)5(6)7/h4H,3H2,1-2H3/t4-/m1/s1. The highest BCUT2D eigenvalue weighted by Crippen LogP contribution is 2.02. The van der Waals surface area contributed by atoms with Gasteiger partial charge in [-0.1, -0.05) is 0 Å². The van der Waals surface area contributed by atoms with Gasteiger partial charge in [-0.3, -0.25) is 8.98 Å². The molecule has 0 aromatic heterocycles. The zero-order valence-electron chi connectivity index (χ0n) is 6.20. The lowest BCUT2D eigenvalue weighted by Gasteiger charge is -2.06. The van der Waals surface area contributed by atoms with Gasteiger partial charge in [-0.25, -0.2) is 0 Å². The van der Waals surface area contributed by atoms with Gasteiger partial charge in [0, 0.05) is 0 Å². The molecule has 0 heterocycles. The molecule has 0 aromatic carbocycles. The summed E-state index contributed by atoms with van der Waals surface area (Å²) in [5.41, 5.74) is 0. The van der Waals surface area contributed by atoms with Gasteiger partial charge in [0.05, 0.1) is 5.75 Å². The second-order valence-electron chi connectivity index (χ2n) is 1.89. The van der Waals surface area contributed by atoms with Gasteiger partial charge in [-0.2, -0.15) is 8.42 Å². The van der Waals surface area contributed by atoms with Gasteiger partial charge in [0.25, 0.3) is 15.4 Å². The quantitative estimate of drug-likeness (QED) is 0.490. The Bertz CT molecular complexity index is 233. The normalized spacial score (nSPS) is 14.5. The predicted molar refractivity (Wildman–Crippen MR) is 40.9 cm³/mol. The van der Waals surface area contributed by atoms with E-state index in [0.29, 0.717) is 0 Å². The molecule has 4 nitrogen and oxygen atoms in total. The van der Waals surface area contributed by atoms with Crippen molar-refractivity contribution in [2.75, 3.05) is 5.75 Å². The molecule has 0 aromatic rings. The Morgan fingerprint density at radius 1 is 1.64 bits per heavy atom. The average molecular weight is 201 g/mol. The molecule has 0 bridgehead atoms. The topological polar surface area (TPSA) is 60.4 Å². The Morgan fingerprint density at radius 3 is 2.36 bits per heavy atom. The van der Waals surface area contributed by atoms with E-state index in [0.717, 1.165) is 0 Å². The van der Waals surface area contributed by atoms with Crippen LogP contribution in [0.1, 0.15) is 13.8 Å². The molecule has 0 aliphatic carbocycles. The van der Waals surface area contributed by atoms with E-state index in [1.54, 1.807) is 0 Å². The van der Waals surface area contributed by atoms with E-state index >= 15 is 0 Å². The minimum absolute atomic E-state index is 0.165. The molecule has 1 atom stereocenters. The molecule has 0 spiro atoms. The molecule has 0 saturated heterocycles. The average Bonchev–Trinajstić information content (AvgIpc) is 1.87. The largest absolute Gasteiger partial charge is 0.278 e. The van der Waals surface area contributed by atoms with Crippen LogP contribution in [0.4, 0.5) is 0 Å². The Hall–Kier alpha value is -0.130. The smallest absolute Gasteiger partial charge is 0.267 e. The monoisotopic (exact) mass is 200 g/mol. The first-order valence-corrected chi connectivity index (χ1v) is 4.95. The van der Waals surface area contributed by atoms with E-state index in [4.69, 9.17) is 11.6 Å². The van der Waals surface area contributed by atoms with Crippen LogP contribution >= 0.6 is 11.6 Å². The van der Waals surface area contributed by atoms with E-state index in [1.165, 1.54) is 13.8 Å². The van der Waals surface area contributed by atoms with E-state index in [-0.39, 0.29) is 5.75 Å². The number of rotatable bonds is 4. The van der Waals surface area contributed by atoms with Crippen LogP contribution in [0.5, 0.6) is 0 Å². The van der Waals surface area contributed by atoms with Crippen molar-refractivity contribution in [3.05, 3.63) is 0 Å². The molecule has 0 amide bonds. The molecule has 66 valence electrons. The van der Waals surface area contributed by atoms with Gasteiger partial charge in [0.15, 0.2) is 0 Å². The van der Waals surface area contributed by atoms with Crippen LogP contribution < -0.4 is 0 Å². The molecule has 0 fully saturated rings. The Balaban J connectivity index is 4.16. The van der Waals surface area contributed by atoms with Gasteiger partial charge >= 0.3 is 0 Å². The van der Waals surface area contributed by atoms with Crippen LogP contribution in [-0.2, 0) is 19.1 Å². The zero-order valence-corrected chi connectivity index (χ0v) is 7.78. The number of hydrogen-bond donors (Lipinski definition) is 0. The molecule has 0 aliphatic rings. The van der Waals surface area contributed by atoms with Crippen molar-refractivity contribution in [2.45, 2.75) is 20.0 Å². The maximum atomic E-state index is 10.7. The summed E-state index contributed by atoms with van der Waals surface area (Å²) in [5.74, 6) is -0.165. The van der Waals surface area contributed by atoms with E-state index in [2.05, 4.69) is 4.18 Å². The molecule has 0 radical (unpaired) electrons. The number of carbonyl (C=O) groups is 1. The highest BCUT2D eigenvalue weighted by Gasteiger charge is 2.18. The Morgan fingerprint density at radius 2 is 2.09 bits per heavy atom. The maximum Gasteiger partial charge on any atom is 0.267 e. The first kappa shape index (κ1) is 10.9. The number of hydrogen-bond acceptors (Lipinski definition) is 4. The van der Waals surface area contributed by atoms with Gasteiger partial charge in [-0.15, -0.1) is 0 Å². The van der Waals surface area contributed by atoms with Crippen LogP contribution in [0.2, 0.25) is 0 Å². The lowest BCUT2D eigenvalue weighted by molar-refractivity contribution is -0.117. The predicted octanol–water partition coefficient (Wildman–Crippen LogP) is 0.507. The highest BCUT2D eigenvalue weighted by atomic mass is 35.5. The van der Waals surface area contributed by atoms with Crippen molar-refractivity contribution in [1.82, 2.24) is 0 Å². The molecular weight excluding hydrogens is 192 g/mol. The summed E-state index contributed by atoms with van der Waals surface area (Å²) in [6.45, 7) is 2.70. The lowest BCUT2D eigenvalue weighted by atomic mass is 10.5. The molecular formula is C5H9ClO4S. The van der Waals surface area contributed by atoms with Crippen molar-refractivity contribution in [3.63, 3.8) is 0 Å². The molecule has 0 aliphatic heterocycles. The second kappa shape index (κ2) is 4.04. The zero-order chi connectivity index (χ0) is 9.07. The summed E-state index contributed by atoms with van der Waals surface area (Å²) in [5, 5.41) is -0.818. The summed E-state index contributed by atoms with van der Waals surface area (Å²) in [7, 11) is -3.57. The van der Waals surface area contributed by atoms with Crippen LogP contribution in [-0.4, -0.2) is 25.5 Å². The summed E-state index contributed by atoms with van der Waals surface area (Å²) >= 11 is 4.96. The first-order valence-electron chi connectivity index (χ1n) is 2.99. The summed E-state index contributed by atoms with van der Waals surface area (Å²) in [6.07, 6.45) is -1.10. The third-order valence-electron chi connectivity index (χ3n) is 0.964. The van der Waals surface area contributed by atoms with E-state index in [1.807, 2.05) is 0 Å². The molecule has 6 heteroatoms. The minimum atomic E-state index is -3.57. The van der Waals surface area contributed by atoms with E-state index < -0.39 is 21.5 Å². The van der Waals surface area contributed by atoms with Crippen molar-refractivity contribution in [2.24, 2.45) is 0 Å². The van der Waals surface area contributed by atoms with Crippen LogP contribution in [0.25, 0.3) is 0 Å². The maximum absolute atomic E-state index is 10.7. The van der Waals surface area contributed by atoms with Crippen molar-refractivity contribution in [1.29, 1.82) is 0 Å². The summed E-state index contributed by atoms with van der Waals surface area (Å²) in [4.78, 5) is 10.3. The third kappa shape index (κ3) is 4.34. The Labute approximate surface area is 70.6 Å². The van der Waals surface area contributed by atoms with Gasteiger partial charge in [0.2, 0.25) is 0 Å². The molecule has 0 N–H and O–H groups in total. The Kier molecular flexibility index (Phi) is 3.99. The van der Waals surface area contributed by atoms with Crippen molar-refractivity contribution < 1.29 is 17.4 Å². The van der Waals surface area contributed by atoms with Crippen LogP contribution in [0, 0.1) is 0 Å². The van der Waals surface area contributed by atoms with Crippen LogP contribution in [0.3, 0.4) is 0 Å². The SMILES string of the molecule is CCS(=O)(=O)O[C@H](C)C(=O)Cl. The molecule has 0 rings (SSSR count). The summed E-state index contributed by atoms with van der Waals surface area (Å²) in [6, 6.07) is 0. The third-order valence-corrected chi connectivity index (χ3v) is 2.56. The van der Waals surface area contributed by atoms with Gasteiger partial charge in [0.1, 0.15) is 6.10 Å². The van der Waals surface area contributed by atoms with Crippen LogP contribution in [0.15, 0.2) is 0 Å². The van der Waals surface area contributed by atoms with E-state index in [9.17, 15) is 13.2 Å². The number of halogens is 1. The lowest BCUT2D eigenvalue weighted by Crippen LogP contribution is -2.21. The molecule has 0 saturated carbocycles.